The van der Waals surface area contributed by atoms with Gasteiger partial charge in [-0.1, -0.05) is 19.8 Å². The molecule has 0 aromatic carbocycles. The minimum Gasteiger partial charge on any atom is -0.354 e. The molecule has 2 N–H and O–H groups in total. The van der Waals surface area contributed by atoms with Gasteiger partial charge in [0.15, 0.2) is 0 Å². The van der Waals surface area contributed by atoms with E-state index in [2.05, 4.69) is 15.5 Å². The Kier molecular flexibility index (Phi) is 7.17. The van der Waals surface area contributed by atoms with Gasteiger partial charge in [-0.25, -0.2) is 0 Å². The fourth-order valence-corrected chi connectivity index (χ4v) is 2.01. The van der Waals surface area contributed by atoms with Crippen LogP contribution in [0, 0.1) is 0 Å². The van der Waals surface area contributed by atoms with E-state index in [0.717, 1.165) is 19.6 Å². The van der Waals surface area contributed by atoms with Crippen molar-refractivity contribution in [3.05, 3.63) is 0 Å². The quantitative estimate of drug-likeness (QED) is 0.698. The molecule has 1 aliphatic heterocycles. The van der Waals surface area contributed by atoms with Gasteiger partial charge in [-0.05, 0) is 32.5 Å². The van der Waals surface area contributed by atoms with Crippen molar-refractivity contribution in [2.45, 2.75) is 32.6 Å². The smallest absolute Gasteiger partial charge is 0.234 e. The van der Waals surface area contributed by atoms with E-state index in [1.165, 1.54) is 38.8 Å². The Balaban J connectivity index is 2.02. The molecule has 0 spiro atoms. The summed E-state index contributed by atoms with van der Waals surface area (Å²) in [5.74, 6) is 0.108. The molecule has 0 aromatic heterocycles. The number of nitrogens with one attached hydrogen (secondary N) is 2. The molecule has 0 atom stereocenters. The monoisotopic (exact) mass is 227 g/mol. The highest BCUT2D eigenvalue weighted by Gasteiger charge is 2.08. The van der Waals surface area contributed by atoms with Crippen molar-refractivity contribution in [2.24, 2.45) is 0 Å². The van der Waals surface area contributed by atoms with Crippen molar-refractivity contribution >= 4 is 5.91 Å². The number of hydrogen-bond acceptors (Lipinski definition) is 3. The first-order chi connectivity index (χ1) is 7.83. The lowest BCUT2D eigenvalue weighted by atomic mass is 10.2. The molecular formula is C12H25N3O. The molecule has 0 bridgehead atoms. The minimum atomic E-state index is 0.108. The van der Waals surface area contributed by atoms with Gasteiger partial charge in [0.1, 0.15) is 0 Å². The number of rotatable bonds is 6. The zero-order valence-corrected chi connectivity index (χ0v) is 10.4. The number of carbonyl (C=O) groups excluding carboxylic acids is 1. The third kappa shape index (κ3) is 6.08. The standard InChI is InChI=1S/C12H25N3O/c1-2-13-11-12(16)14-7-10-15-8-5-3-4-6-9-15/h13H,2-11H2,1H3,(H,14,16). The average Bonchev–Trinajstić information content (AvgIpc) is 2.55. The second-order valence-corrected chi connectivity index (χ2v) is 4.39. The van der Waals surface area contributed by atoms with Crippen LogP contribution in [0.5, 0.6) is 0 Å². The SMILES string of the molecule is CCNCC(=O)NCCN1CCCCCC1. The lowest BCUT2D eigenvalue weighted by molar-refractivity contribution is -0.120. The van der Waals surface area contributed by atoms with Crippen LogP contribution in [0.2, 0.25) is 0 Å². The fourth-order valence-electron chi connectivity index (χ4n) is 2.01. The third-order valence-electron chi connectivity index (χ3n) is 2.98. The molecule has 0 unspecified atom stereocenters. The van der Waals surface area contributed by atoms with Crippen LogP contribution < -0.4 is 10.6 Å². The molecule has 1 aliphatic rings. The minimum absolute atomic E-state index is 0.108. The lowest BCUT2D eigenvalue weighted by Gasteiger charge is -2.19. The van der Waals surface area contributed by atoms with Gasteiger partial charge in [-0.15, -0.1) is 0 Å². The van der Waals surface area contributed by atoms with E-state index in [1.807, 2.05) is 6.92 Å². The number of hydrogen-bond donors (Lipinski definition) is 2. The Morgan fingerprint density at radius 3 is 2.50 bits per heavy atom. The van der Waals surface area contributed by atoms with E-state index in [4.69, 9.17) is 0 Å². The maximum atomic E-state index is 11.3. The molecule has 0 radical (unpaired) electrons. The van der Waals surface area contributed by atoms with E-state index in [1.54, 1.807) is 0 Å². The van der Waals surface area contributed by atoms with Crippen molar-refractivity contribution in [1.82, 2.24) is 15.5 Å². The molecule has 0 aliphatic carbocycles. The molecule has 16 heavy (non-hydrogen) atoms. The number of amides is 1. The first-order valence-electron chi connectivity index (χ1n) is 6.52. The molecule has 1 heterocycles. The van der Waals surface area contributed by atoms with Crippen molar-refractivity contribution in [1.29, 1.82) is 0 Å². The Bertz CT molecular complexity index is 189. The average molecular weight is 227 g/mol. The van der Waals surface area contributed by atoms with Crippen molar-refractivity contribution in [2.75, 3.05) is 39.3 Å². The molecule has 1 amide bonds. The van der Waals surface area contributed by atoms with Crippen molar-refractivity contribution < 1.29 is 4.79 Å². The summed E-state index contributed by atoms with van der Waals surface area (Å²) in [6.07, 6.45) is 5.35. The molecule has 0 saturated carbocycles. The zero-order valence-electron chi connectivity index (χ0n) is 10.4. The van der Waals surface area contributed by atoms with Crippen LogP contribution in [0.1, 0.15) is 32.6 Å². The maximum absolute atomic E-state index is 11.3. The van der Waals surface area contributed by atoms with Gasteiger partial charge in [0, 0.05) is 13.1 Å². The second-order valence-electron chi connectivity index (χ2n) is 4.39. The molecule has 4 heteroatoms. The molecule has 94 valence electrons. The maximum Gasteiger partial charge on any atom is 0.234 e. The summed E-state index contributed by atoms with van der Waals surface area (Å²) in [4.78, 5) is 13.8. The van der Waals surface area contributed by atoms with Crippen LogP contribution in [0.4, 0.5) is 0 Å². The highest BCUT2D eigenvalue weighted by molar-refractivity contribution is 5.77. The summed E-state index contributed by atoms with van der Waals surface area (Å²) in [6.45, 7) is 7.47. The molecule has 1 rings (SSSR count). The topological polar surface area (TPSA) is 44.4 Å². The molecular weight excluding hydrogens is 202 g/mol. The molecule has 4 nitrogen and oxygen atoms in total. The van der Waals surface area contributed by atoms with Crippen LogP contribution >= 0.6 is 0 Å². The van der Waals surface area contributed by atoms with E-state index in [9.17, 15) is 4.79 Å². The number of carbonyl (C=O) groups is 1. The molecule has 0 aromatic rings. The van der Waals surface area contributed by atoms with Crippen LogP contribution in [0.25, 0.3) is 0 Å². The van der Waals surface area contributed by atoms with E-state index in [0.29, 0.717) is 6.54 Å². The van der Waals surface area contributed by atoms with Crippen molar-refractivity contribution in [3.8, 4) is 0 Å². The van der Waals surface area contributed by atoms with Gasteiger partial charge in [0.25, 0.3) is 0 Å². The lowest BCUT2D eigenvalue weighted by Crippen LogP contribution is -2.39. The summed E-state index contributed by atoms with van der Waals surface area (Å²) < 4.78 is 0. The van der Waals surface area contributed by atoms with Crippen LogP contribution in [0.3, 0.4) is 0 Å². The normalized spacial score (nSPS) is 18.1. The van der Waals surface area contributed by atoms with E-state index < -0.39 is 0 Å². The van der Waals surface area contributed by atoms with Gasteiger partial charge in [-0.2, -0.15) is 0 Å². The summed E-state index contributed by atoms with van der Waals surface area (Å²) in [5, 5.41) is 5.96. The summed E-state index contributed by atoms with van der Waals surface area (Å²) >= 11 is 0. The number of likely N-dealkylation sites (N-methyl/N-ethyl adjacent to an activating group) is 1. The second kappa shape index (κ2) is 8.53. The predicted molar refractivity (Wildman–Crippen MR) is 66.5 cm³/mol. The molecule has 1 saturated heterocycles. The van der Waals surface area contributed by atoms with Crippen LogP contribution in [-0.2, 0) is 4.79 Å². The van der Waals surface area contributed by atoms with Gasteiger partial charge < -0.3 is 15.5 Å². The van der Waals surface area contributed by atoms with Gasteiger partial charge in [0.2, 0.25) is 5.91 Å². The number of likely N-dealkylation sites (tertiary alicyclic amines) is 1. The predicted octanol–water partition coefficient (Wildman–Crippen LogP) is 0.588. The van der Waals surface area contributed by atoms with E-state index >= 15 is 0 Å². The molecule has 1 fully saturated rings. The first-order valence-corrected chi connectivity index (χ1v) is 6.52. The summed E-state index contributed by atoms with van der Waals surface area (Å²) in [5.41, 5.74) is 0. The highest BCUT2D eigenvalue weighted by Crippen LogP contribution is 2.08. The van der Waals surface area contributed by atoms with Gasteiger partial charge in [-0.3, -0.25) is 4.79 Å². The first kappa shape index (κ1) is 13.5. The highest BCUT2D eigenvalue weighted by atomic mass is 16.1. The Labute approximate surface area is 98.8 Å². The fraction of sp³-hybridized carbons (Fsp3) is 0.917. The van der Waals surface area contributed by atoms with E-state index in [-0.39, 0.29) is 5.91 Å². The van der Waals surface area contributed by atoms with Crippen molar-refractivity contribution in [3.63, 3.8) is 0 Å². The van der Waals surface area contributed by atoms with Gasteiger partial charge in [0.05, 0.1) is 6.54 Å². The van der Waals surface area contributed by atoms with Crippen LogP contribution in [0.15, 0.2) is 0 Å². The summed E-state index contributed by atoms with van der Waals surface area (Å²) in [7, 11) is 0. The number of nitrogens with zero attached hydrogens (tertiary/aromatic N) is 1. The zero-order chi connectivity index (χ0) is 11.6. The largest absolute Gasteiger partial charge is 0.354 e. The van der Waals surface area contributed by atoms with Gasteiger partial charge >= 0.3 is 0 Å². The Morgan fingerprint density at radius 2 is 1.88 bits per heavy atom. The van der Waals surface area contributed by atoms with Crippen LogP contribution in [-0.4, -0.2) is 50.1 Å². The summed E-state index contributed by atoms with van der Waals surface area (Å²) in [6, 6.07) is 0. The Morgan fingerprint density at radius 1 is 1.19 bits per heavy atom. The third-order valence-corrected chi connectivity index (χ3v) is 2.98. The Hall–Kier alpha value is -0.610.